The summed E-state index contributed by atoms with van der Waals surface area (Å²) in [5, 5.41) is 10.4. The van der Waals surface area contributed by atoms with E-state index in [-0.39, 0.29) is 0 Å². The minimum atomic E-state index is -0.444. The van der Waals surface area contributed by atoms with Crippen LogP contribution in [0, 0.1) is 0 Å². The SMILES string of the molecule is O[C@@H](COc1ccccc1)C[NH+]1CC[NH+](C(c2ccccc2)c2ccccc2)CC1. The van der Waals surface area contributed by atoms with E-state index in [1.54, 1.807) is 4.90 Å². The average molecular weight is 405 g/mol. The molecule has 0 spiro atoms. The zero-order valence-corrected chi connectivity index (χ0v) is 17.4. The highest BCUT2D eigenvalue weighted by Gasteiger charge is 2.32. The minimum absolute atomic E-state index is 0.348. The van der Waals surface area contributed by atoms with Gasteiger partial charge in [-0.1, -0.05) is 78.9 Å². The summed E-state index contributed by atoms with van der Waals surface area (Å²) in [6, 6.07) is 31.8. The summed E-state index contributed by atoms with van der Waals surface area (Å²) in [5.74, 6) is 0.814. The van der Waals surface area contributed by atoms with E-state index >= 15 is 0 Å². The first kappa shape index (κ1) is 20.6. The van der Waals surface area contributed by atoms with Crippen LogP contribution in [0.4, 0.5) is 0 Å². The van der Waals surface area contributed by atoms with E-state index < -0.39 is 6.10 Å². The molecule has 1 fully saturated rings. The number of piperazine rings is 1. The Kier molecular flexibility index (Phi) is 7.14. The quantitative estimate of drug-likeness (QED) is 0.524. The second-order valence-electron chi connectivity index (χ2n) is 8.14. The monoisotopic (exact) mass is 404 g/mol. The maximum atomic E-state index is 10.4. The van der Waals surface area contributed by atoms with Gasteiger partial charge in [-0.3, -0.25) is 0 Å². The number of hydrogen-bond acceptors (Lipinski definition) is 2. The normalized spacial score (nSPS) is 20.1. The van der Waals surface area contributed by atoms with Crippen molar-refractivity contribution in [2.75, 3.05) is 39.3 Å². The van der Waals surface area contributed by atoms with E-state index in [9.17, 15) is 5.11 Å². The van der Waals surface area contributed by atoms with Crippen LogP contribution < -0.4 is 14.5 Å². The molecule has 4 nitrogen and oxygen atoms in total. The van der Waals surface area contributed by atoms with Crippen molar-refractivity contribution in [2.45, 2.75) is 12.1 Å². The molecule has 0 amide bonds. The number of benzene rings is 3. The third-order valence-electron chi connectivity index (χ3n) is 5.98. The Bertz CT molecular complexity index is 826. The predicted molar refractivity (Wildman–Crippen MR) is 119 cm³/mol. The van der Waals surface area contributed by atoms with E-state index in [4.69, 9.17) is 4.74 Å². The first-order valence-corrected chi connectivity index (χ1v) is 10.9. The van der Waals surface area contributed by atoms with Gasteiger partial charge in [0.15, 0.2) is 0 Å². The van der Waals surface area contributed by atoms with Gasteiger partial charge in [0.2, 0.25) is 0 Å². The molecule has 1 heterocycles. The fraction of sp³-hybridized carbons (Fsp3) is 0.308. The van der Waals surface area contributed by atoms with Gasteiger partial charge in [-0.15, -0.1) is 0 Å². The first-order valence-electron chi connectivity index (χ1n) is 10.9. The molecule has 0 bridgehead atoms. The predicted octanol–water partition coefficient (Wildman–Crippen LogP) is 0.999. The largest absolute Gasteiger partial charge is 0.491 e. The summed E-state index contributed by atoms with van der Waals surface area (Å²) in [6.45, 7) is 5.40. The van der Waals surface area contributed by atoms with Crippen molar-refractivity contribution in [2.24, 2.45) is 0 Å². The van der Waals surface area contributed by atoms with Crippen molar-refractivity contribution < 1.29 is 19.6 Å². The molecule has 4 heteroatoms. The first-order chi connectivity index (χ1) is 14.8. The number of quaternary nitrogens is 2. The van der Waals surface area contributed by atoms with Crippen LogP contribution in [0.15, 0.2) is 91.0 Å². The molecule has 3 N–H and O–H groups in total. The lowest BCUT2D eigenvalue weighted by Gasteiger charge is -2.35. The maximum absolute atomic E-state index is 10.4. The molecule has 1 saturated heterocycles. The summed E-state index contributed by atoms with van der Waals surface area (Å²) >= 11 is 0. The van der Waals surface area contributed by atoms with Crippen molar-refractivity contribution >= 4 is 0 Å². The Morgan fingerprint density at radius 2 is 1.20 bits per heavy atom. The topological polar surface area (TPSA) is 38.3 Å². The van der Waals surface area contributed by atoms with Crippen LogP contribution in [-0.4, -0.2) is 50.5 Å². The smallest absolute Gasteiger partial charge is 0.139 e. The third kappa shape index (κ3) is 5.48. The molecule has 1 aliphatic heterocycles. The molecule has 0 unspecified atom stereocenters. The Morgan fingerprint density at radius 3 is 1.73 bits per heavy atom. The van der Waals surface area contributed by atoms with Crippen LogP contribution in [-0.2, 0) is 0 Å². The van der Waals surface area contributed by atoms with Crippen LogP contribution in [0.1, 0.15) is 17.2 Å². The molecule has 4 rings (SSSR count). The zero-order valence-electron chi connectivity index (χ0n) is 17.4. The van der Waals surface area contributed by atoms with Crippen LogP contribution in [0.5, 0.6) is 5.75 Å². The van der Waals surface area contributed by atoms with Crippen LogP contribution in [0.2, 0.25) is 0 Å². The van der Waals surface area contributed by atoms with E-state index in [1.807, 2.05) is 30.3 Å². The minimum Gasteiger partial charge on any atom is -0.491 e. The summed E-state index contributed by atoms with van der Waals surface area (Å²) < 4.78 is 5.72. The molecule has 0 saturated carbocycles. The molecule has 1 atom stereocenters. The third-order valence-corrected chi connectivity index (χ3v) is 5.98. The van der Waals surface area contributed by atoms with Crippen molar-refractivity contribution in [1.82, 2.24) is 0 Å². The molecule has 0 aliphatic carbocycles. The van der Waals surface area contributed by atoms with Gasteiger partial charge in [0, 0.05) is 11.1 Å². The van der Waals surface area contributed by atoms with Gasteiger partial charge in [0.05, 0.1) is 0 Å². The highest BCUT2D eigenvalue weighted by Crippen LogP contribution is 2.18. The zero-order chi connectivity index (χ0) is 20.6. The van der Waals surface area contributed by atoms with Gasteiger partial charge in [0.1, 0.15) is 57.2 Å². The molecule has 0 radical (unpaired) electrons. The number of aliphatic hydroxyl groups excluding tert-OH is 1. The number of ether oxygens (including phenoxy) is 1. The van der Waals surface area contributed by atoms with E-state index in [0.717, 1.165) is 38.5 Å². The fourth-order valence-corrected chi connectivity index (χ4v) is 4.47. The van der Waals surface area contributed by atoms with Crippen LogP contribution in [0.25, 0.3) is 0 Å². The number of hydrogen-bond donors (Lipinski definition) is 3. The lowest BCUT2D eigenvalue weighted by molar-refractivity contribution is -1.02. The van der Waals surface area contributed by atoms with Gasteiger partial charge in [-0.25, -0.2) is 0 Å². The highest BCUT2D eigenvalue weighted by molar-refractivity contribution is 5.29. The van der Waals surface area contributed by atoms with Crippen molar-refractivity contribution in [1.29, 1.82) is 0 Å². The molecule has 3 aromatic carbocycles. The van der Waals surface area contributed by atoms with Gasteiger partial charge in [0.25, 0.3) is 0 Å². The van der Waals surface area contributed by atoms with Gasteiger partial charge in [-0.2, -0.15) is 0 Å². The van der Waals surface area contributed by atoms with Gasteiger partial charge < -0.3 is 19.6 Å². The Morgan fingerprint density at radius 1 is 0.700 bits per heavy atom. The second-order valence-corrected chi connectivity index (χ2v) is 8.14. The van der Waals surface area contributed by atoms with Crippen LogP contribution >= 0.6 is 0 Å². The average Bonchev–Trinajstić information content (AvgIpc) is 2.81. The molecule has 1 aliphatic rings. The Hall–Kier alpha value is -2.66. The number of para-hydroxylation sites is 1. The van der Waals surface area contributed by atoms with Crippen molar-refractivity contribution in [3.63, 3.8) is 0 Å². The number of rotatable bonds is 8. The Balaban J connectivity index is 1.33. The second kappa shape index (κ2) is 10.4. The van der Waals surface area contributed by atoms with Gasteiger partial charge >= 0.3 is 0 Å². The molecular weight excluding hydrogens is 372 g/mol. The molecule has 30 heavy (non-hydrogen) atoms. The Labute approximate surface area is 179 Å². The summed E-state index contributed by atoms with van der Waals surface area (Å²) in [7, 11) is 0. The number of aliphatic hydroxyl groups is 1. The maximum Gasteiger partial charge on any atom is 0.139 e. The van der Waals surface area contributed by atoms with Crippen LogP contribution in [0.3, 0.4) is 0 Å². The van der Waals surface area contributed by atoms with E-state index in [0.29, 0.717) is 12.6 Å². The van der Waals surface area contributed by atoms with Crippen molar-refractivity contribution in [3.8, 4) is 5.75 Å². The molecular formula is C26H32N2O2+2. The van der Waals surface area contributed by atoms with Gasteiger partial charge in [-0.05, 0) is 12.1 Å². The lowest BCUT2D eigenvalue weighted by atomic mass is 9.96. The van der Waals surface area contributed by atoms with Crippen molar-refractivity contribution in [3.05, 3.63) is 102 Å². The summed E-state index contributed by atoms with van der Waals surface area (Å²) in [4.78, 5) is 3.06. The molecule has 0 aromatic heterocycles. The molecule has 3 aromatic rings. The molecule has 156 valence electrons. The lowest BCUT2D eigenvalue weighted by Crippen LogP contribution is -3.28. The number of nitrogens with one attached hydrogen (secondary N) is 2. The van der Waals surface area contributed by atoms with E-state index in [1.165, 1.54) is 16.0 Å². The fourth-order valence-electron chi connectivity index (χ4n) is 4.47. The standard InChI is InChI=1S/C26H30N2O2/c29-24(21-30-25-14-8-3-9-15-25)20-27-16-18-28(19-17-27)26(22-10-4-1-5-11-22)23-12-6-2-7-13-23/h1-15,24,26,29H,16-21H2/p+2/t24-/m1/s1. The van der Waals surface area contributed by atoms with E-state index in [2.05, 4.69) is 60.7 Å². The summed E-state index contributed by atoms with van der Waals surface area (Å²) in [5.41, 5.74) is 2.75. The highest BCUT2D eigenvalue weighted by atomic mass is 16.5. The summed E-state index contributed by atoms with van der Waals surface area (Å²) in [6.07, 6.45) is -0.444.